The van der Waals surface area contributed by atoms with Gasteiger partial charge in [-0.2, -0.15) is 0 Å². The Morgan fingerprint density at radius 1 is 1.00 bits per heavy atom. The van der Waals surface area contributed by atoms with Crippen molar-refractivity contribution in [3.05, 3.63) is 29.8 Å². The summed E-state index contributed by atoms with van der Waals surface area (Å²) in [7, 11) is 0. The molecule has 4 N–H and O–H groups in total. The van der Waals surface area contributed by atoms with Crippen LogP contribution in [0.25, 0.3) is 0 Å². The molecule has 0 unspecified atom stereocenters. The van der Waals surface area contributed by atoms with Crippen LogP contribution < -0.4 is 16.4 Å². The van der Waals surface area contributed by atoms with Crippen LogP contribution in [0.3, 0.4) is 0 Å². The average Bonchev–Trinajstić information content (AvgIpc) is 2.46. The SMILES string of the molecule is NC(=O)c1ccc(NC(=O)CNC2CCCCCCC2)cc1. The van der Waals surface area contributed by atoms with E-state index in [1.54, 1.807) is 24.3 Å². The Morgan fingerprint density at radius 3 is 2.18 bits per heavy atom. The molecule has 0 saturated heterocycles. The fourth-order valence-electron chi connectivity index (χ4n) is 2.82. The van der Waals surface area contributed by atoms with Gasteiger partial charge in [-0.25, -0.2) is 0 Å². The number of anilines is 1. The summed E-state index contributed by atoms with van der Waals surface area (Å²) in [5.74, 6) is -0.530. The van der Waals surface area contributed by atoms with Crippen molar-refractivity contribution >= 4 is 17.5 Å². The Bertz CT molecular complexity index is 491. The summed E-state index contributed by atoms with van der Waals surface area (Å²) in [6.07, 6.45) is 8.74. The van der Waals surface area contributed by atoms with Crippen molar-refractivity contribution in [2.75, 3.05) is 11.9 Å². The van der Waals surface area contributed by atoms with Gasteiger partial charge in [-0.3, -0.25) is 9.59 Å². The van der Waals surface area contributed by atoms with Gasteiger partial charge in [0, 0.05) is 17.3 Å². The monoisotopic (exact) mass is 303 g/mol. The van der Waals surface area contributed by atoms with Crippen molar-refractivity contribution in [2.45, 2.75) is 51.0 Å². The van der Waals surface area contributed by atoms with E-state index in [4.69, 9.17) is 5.73 Å². The summed E-state index contributed by atoms with van der Waals surface area (Å²) >= 11 is 0. The van der Waals surface area contributed by atoms with Crippen LogP contribution in [0.5, 0.6) is 0 Å². The van der Waals surface area contributed by atoms with Crippen LogP contribution in [0.15, 0.2) is 24.3 Å². The quantitative estimate of drug-likeness (QED) is 0.781. The summed E-state index contributed by atoms with van der Waals surface area (Å²) in [4.78, 5) is 23.0. The van der Waals surface area contributed by atoms with Gasteiger partial charge in [0.05, 0.1) is 6.54 Å². The molecule has 2 rings (SSSR count). The van der Waals surface area contributed by atoms with Crippen LogP contribution >= 0.6 is 0 Å². The van der Waals surface area contributed by atoms with E-state index in [-0.39, 0.29) is 5.91 Å². The molecule has 22 heavy (non-hydrogen) atoms. The summed E-state index contributed by atoms with van der Waals surface area (Å²) in [6, 6.07) is 7.05. The van der Waals surface area contributed by atoms with Gasteiger partial charge in [-0.1, -0.05) is 32.1 Å². The Labute approximate surface area is 131 Å². The second kappa shape index (κ2) is 8.54. The van der Waals surface area contributed by atoms with E-state index in [9.17, 15) is 9.59 Å². The van der Waals surface area contributed by atoms with Crippen LogP contribution in [0.4, 0.5) is 5.69 Å². The maximum Gasteiger partial charge on any atom is 0.248 e. The Balaban J connectivity index is 1.75. The Hall–Kier alpha value is -1.88. The number of carbonyl (C=O) groups is 2. The number of hydrogen-bond donors (Lipinski definition) is 3. The van der Waals surface area contributed by atoms with Crippen molar-refractivity contribution in [1.29, 1.82) is 0 Å². The minimum atomic E-state index is -0.469. The van der Waals surface area contributed by atoms with Gasteiger partial charge in [0.1, 0.15) is 0 Å². The highest BCUT2D eigenvalue weighted by atomic mass is 16.2. The average molecular weight is 303 g/mol. The van der Waals surface area contributed by atoms with E-state index in [1.807, 2.05) is 0 Å². The van der Waals surface area contributed by atoms with E-state index >= 15 is 0 Å². The van der Waals surface area contributed by atoms with Gasteiger partial charge < -0.3 is 16.4 Å². The van der Waals surface area contributed by atoms with Gasteiger partial charge in [-0.15, -0.1) is 0 Å². The van der Waals surface area contributed by atoms with E-state index < -0.39 is 5.91 Å². The lowest BCUT2D eigenvalue weighted by atomic mass is 9.97. The molecule has 0 aliphatic heterocycles. The number of nitrogens with one attached hydrogen (secondary N) is 2. The Kier molecular flexibility index (Phi) is 6.40. The molecular weight excluding hydrogens is 278 g/mol. The zero-order valence-corrected chi connectivity index (χ0v) is 12.9. The standard InChI is InChI=1S/C17H25N3O2/c18-17(22)13-8-10-15(11-9-13)20-16(21)12-19-14-6-4-2-1-3-5-7-14/h8-11,14,19H,1-7,12H2,(H2,18,22)(H,20,21). The first-order valence-electron chi connectivity index (χ1n) is 8.08. The van der Waals surface area contributed by atoms with Gasteiger partial charge in [0.15, 0.2) is 0 Å². The van der Waals surface area contributed by atoms with Crippen molar-refractivity contribution in [1.82, 2.24) is 5.32 Å². The fraction of sp³-hybridized carbons (Fsp3) is 0.529. The molecular formula is C17H25N3O2. The summed E-state index contributed by atoms with van der Waals surface area (Å²) in [5.41, 5.74) is 6.29. The van der Waals surface area contributed by atoms with Crippen LogP contribution in [0.2, 0.25) is 0 Å². The molecule has 0 bridgehead atoms. The van der Waals surface area contributed by atoms with E-state index in [2.05, 4.69) is 10.6 Å². The van der Waals surface area contributed by atoms with E-state index in [0.717, 1.165) is 12.8 Å². The van der Waals surface area contributed by atoms with Crippen molar-refractivity contribution < 1.29 is 9.59 Å². The van der Waals surface area contributed by atoms with E-state index in [0.29, 0.717) is 23.8 Å². The minimum Gasteiger partial charge on any atom is -0.366 e. The van der Waals surface area contributed by atoms with Gasteiger partial charge in [0.25, 0.3) is 0 Å². The smallest absolute Gasteiger partial charge is 0.248 e. The van der Waals surface area contributed by atoms with Crippen molar-refractivity contribution in [2.24, 2.45) is 5.73 Å². The van der Waals surface area contributed by atoms with Gasteiger partial charge >= 0.3 is 0 Å². The molecule has 1 aromatic carbocycles. The lowest BCUT2D eigenvalue weighted by Crippen LogP contribution is -2.36. The zero-order chi connectivity index (χ0) is 15.8. The second-order valence-corrected chi connectivity index (χ2v) is 5.91. The highest BCUT2D eigenvalue weighted by Crippen LogP contribution is 2.17. The molecule has 0 atom stereocenters. The number of rotatable bonds is 5. The van der Waals surface area contributed by atoms with Crippen LogP contribution in [-0.2, 0) is 4.79 Å². The second-order valence-electron chi connectivity index (χ2n) is 5.91. The lowest BCUT2D eigenvalue weighted by molar-refractivity contribution is -0.115. The highest BCUT2D eigenvalue weighted by Gasteiger charge is 2.12. The first kappa shape index (κ1) is 16.5. The molecule has 5 heteroatoms. The number of amides is 2. The summed E-state index contributed by atoms with van der Waals surface area (Å²) in [6.45, 7) is 0.322. The molecule has 1 aliphatic carbocycles. The molecule has 2 amide bonds. The minimum absolute atomic E-state index is 0.0612. The number of carbonyl (C=O) groups excluding carboxylic acids is 2. The zero-order valence-electron chi connectivity index (χ0n) is 12.9. The van der Waals surface area contributed by atoms with Crippen LogP contribution in [0, 0.1) is 0 Å². The normalized spacial score (nSPS) is 16.5. The Morgan fingerprint density at radius 2 is 1.59 bits per heavy atom. The first-order chi connectivity index (χ1) is 10.6. The molecule has 1 aliphatic rings. The molecule has 1 saturated carbocycles. The van der Waals surface area contributed by atoms with Gasteiger partial charge in [-0.05, 0) is 37.1 Å². The summed E-state index contributed by atoms with van der Waals surface area (Å²) < 4.78 is 0. The molecule has 0 spiro atoms. The number of primary amides is 1. The fourth-order valence-corrected chi connectivity index (χ4v) is 2.82. The molecule has 0 radical (unpaired) electrons. The number of nitrogens with two attached hydrogens (primary N) is 1. The lowest BCUT2D eigenvalue weighted by Gasteiger charge is -2.20. The number of hydrogen-bond acceptors (Lipinski definition) is 3. The topological polar surface area (TPSA) is 84.2 Å². The predicted molar refractivity (Wildman–Crippen MR) is 87.7 cm³/mol. The third kappa shape index (κ3) is 5.48. The maximum atomic E-state index is 12.0. The molecule has 0 aromatic heterocycles. The summed E-state index contributed by atoms with van der Waals surface area (Å²) in [5, 5.41) is 6.17. The first-order valence-corrected chi connectivity index (χ1v) is 8.08. The van der Waals surface area contributed by atoms with Crippen LogP contribution in [-0.4, -0.2) is 24.4 Å². The third-order valence-corrected chi connectivity index (χ3v) is 4.11. The maximum absolute atomic E-state index is 12.0. The van der Waals surface area contributed by atoms with Crippen molar-refractivity contribution in [3.8, 4) is 0 Å². The highest BCUT2D eigenvalue weighted by molar-refractivity contribution is 5.95. The predicted octanol–water partition coefficient (Wildman–Crippen LogP) is 2.43. The molecule has 120 valence electrons. The third-order valence-electron chi connectivity index (χ3n) is 4.11. The molecule has 5 nitrogen and oxygen atoms in total. The molecule has 1 aromatic rings. The van der Waals surface area contributed by atoms with Crippen molar-refractivity contribution in [3.63, 3.8) is 0 Å². The van der Waals surface area contributed by atoms with E-state index in [1.165, 1.54) is 32.1 Å². The number of benzene rings is 1. The largest absolute Gasteiger partial charge is 0.366 e. The van der Waals surface area contributed by atoms with Crippen LogP contribution in [0.1, 0.15) is 55.3 Å². The molecule has 0 heterocycles. The molecule has 1 fully saturated rings. The van der Waals surface area contributed by atoms with Gasteiger partial charge in [0.2, 0.25) is 11.8 Å².